The number of carbonyl (C=O) groups is 1. The summed E-state index contributed by atoms with van der Waals surface area (Å²) >= 11 is 2.25. The smallest absolute Gasteiger partial charge is 0.407 e. The Labute approximate surface area is 146 Å². The second-order valence-electron chi connectivity index (χ2n) is 5.93. The highest BCUT2D eigenvalue weighted by Crippen LogP contribution is 2.22. The van der Waals surface area contributed by atoms with Crippen molar-refractivity contribution in [2.75, 3.05) is 19.7 Å². The highest BCUT2D eigenvalue weighted by Gasteiger charge is 2.15. The van der Waals surface area contributed by atoms with Gasteiger partial charge in [-0.3, -0.25) is 0 Å². The lowest BCUT2D eigenvalue weighted by Crippen LogP contribution is -2.33. The minimum Gasteiger partial charge on any atom is -0.492 e. The second-order valence-corrected chi connectivity index (χ2v) is 7.10. The summed E-state index contributed by atoms with van der Waals surface area (Å²) in [4.78, 5) is 11.6. The molecule has 0 radical (unpaired) electrons. The van der Waals surface area contributed by atoms with Crippen molar-refractivity contribution in [3.63, 3.8) is 0 Å². The predicted octanol–water partition coefficient (Wildman–Crippen LogP) is 3.09. The molecule has 1 rings (SSSR count). The molecule has 1 aromatic carbocycles. The van der Waals surface area contributed by atoms with Crippen molar-refractivity contribution in [3.05, 3.63) is 27.3 Å². The van der Waals surface area contributed by atoms with Gasteiger partial charge in [-0.1, -0.05) is 6.07 Å². The average molecular weight is 420 g/mol. The average Bonchev–Trinajstić information content (AvgIpc) is 2.39. The van der Waals surface area contributed by atoms with Gasteiger partial charge in [-0.2, -0.15) is 0 Å². The second kappa shape index (κ2) is 9.19. The summed E-state index contributed by atoms with van der Waals surface area (Å²) in [6.45, 7) is 7.34. The van der Waals surface area contributed by atoms with Gasteiger partial charge < -0.3 is 20.5 Å². The number of nitrogens with two attached hydrogens (primary N) is 1. The molecule has 1 amide bonds. The SMILES string of the molecule is CC(C)(C)OC(=O)NCCc1ccc(OCCCN)c(I)c1. The molecule has 1 aromatic rings. The molecule has 6 heteroatoms. The molecule has 0 atom stereocenters. The Bertz CT molecular complexity index is 487. The van der Waals surface area contributed by atoms with Crippen molar-refractivity contribution in [2.45, 2.75) is 39.2 Å². The van der Waals surface area contributed by atoms with Gasteiger partial charge in [0.05, 0.1) is 10.2 Å². The first-order chi connectivity index (χ1) is 10.3. The number of alkyl carbamates (subject to hydrolysis) is 1. The minimum atomic E-state index is -0.470. The van der Waals surface area contributed by atoms with E-state index < -0.39 is 5.60 Å². The summed E-state index contributed by atoms with van der Waals surface area (Å²) in [7, 11) is 0. The standard InChI is InChI=1S/C16H25IN2O3/c1-16(2,3)22-15(20)19-9-7-12-5-6-14(13(17)11-12)21-10-4-8-18/h5-6,11H,4,7-10,18H2,1-3H3,(H,19,20). The van der Waals surface area contributed by atoms with Crippen LogP contribution in [-0.2, 0) is 11.2 Å². The number of hydrogen-bond donors (Lipinski definition) is 2. The Morgan fingerprint density at radius 3 is 2.68 bits per heavy atom. The van der Waals surface area contributed by atoms with Crippen molar-refractivity contribution in [2.24, 2.45) is 5.73 Å². The molecule has 22 heavy (non-hydrogen) atoms. The third kappa shape index (κ3) is 7.84. The van der Waals surface area contributed by atoms with E-state index in [1.807, 2.05) is 32.9 Å². The Morgan fingerprint density at radius 1 is 1.36 bits per heavy atom. The number of hydrogen-bond acceptors (Lipinski definition) is 4. The maximum atomic E-state index is 11.6. The molecule has 0 aromatic heterocycles. The van der Waals surface area contributed by atoms with Crippen molar-refractivity contribution >= 4 is 28.7 Å². The zero-order valence-corrected chi connectivity index (χ0v) is 15.6. The summed E-state index contributed by atoms with van der Waals surface area (Å²) < 4.78 is 11.9. The third-order valence-corrected chi connectivity index (χ3v) is 3.53. The molecular formula is C16H25IN2O3. The molecule has 0 bridgehead atoms. The van der Waals surface area contributed by atoms with E-state index in [4.69, 9.17) is 15.2 Å². The lowest BCUT2D eigenvalue weighted by molar-refractivity contribution is 0.0528. The number of nitrogens with one attached hydrogen (secondary N) is 1. The molecule has 0 aliphatic rings. The fourth-order valence-corrected chi connectivity index (χ4v) is 2.44. The predicted molar refractivity (Wildman–Crippen MR) is 96.3 cm³/mol. The van der Waals surface area contributed by atoms with Crippen LogP contribution in [0.25, 0.3) is 0 Å². The van der Waals surface area contributed by atoms with E-state index in [1.54, 1.807) is 0 Å². The number of ether oxygens (including phenoxy) is 2. The Kier molecular flexibility index (Phi) is 7.95. The van der Waals surface area contributed by atoms with Crippen LogP contribution in [0.15, 0.2) is 18.2 Å². The van der Waals surface area contributed by atoms with Crippen LogP contribution in [-0.4, -0.2) is 31.4 Å². The fraction of sp³-hybridized carbons (Fsp3) is 0.562. The van der Waals surface area contributed by atoms with E-state index in [2.05, 4.69) is 34.0 Å². The van der Waals surface area contributed by atoms with E-state index in [0.717, 1.165) is 27.7 Å². The number of halogens is 1. The van der Waals surface area contributed by atoms with Gasteiger partial charge >= 0.3 is 6.09 Å². The molecule has 0 saturated heterocycles. The normalized spacial score (nSPS) is 11.1. The van der Waals surface area contributed by atoms with Gasteiger partial charge in [0.1, 0.15) is 11.4 Å². The minimum absolute atomic E-state index is 0.385. The van der Waals surface area contributed by atoms with Gasteiger partial charge in [0.2, 0.25) is 0 Å². The Hall–Kier alpha value is -1.02. The van der Waals surface area contributed by atoms with Crippen LogP contribution in [0.2, 0.25) is 0 Å². The molecule has 0 spiro atoms. The van der Waals surface area contributed by atoms with E-state index in [1.165, 1.54) is 0 Å². The highest BCUT2D eigenvalue weighted by molar-refractivity contribution is 14.1. The molecule has 5 nitrogen and oxygen atoms in total. The van der Waals surface area contributed by atoms with E-state index in [9.17, 15) is 4.79 Å². The van der Waals surface area contributed by atoms with E-state index >= 15 is 0 Å². The Balaban J connectivity index is 2.40. The summed E-state index contributed by atoms with van der Waals surface area (Å²) in [6, 6.07) is 6.03. The summed E-state index contributed by atoms with van der Waals surface area (Å²) in [6.07, 6.45) is 1.21. The first-order valence-electron chi connectivity index (χ1n) is 7.40. The first-order valence-corrected chi connectivity index (χ1v) is 8.48. The van der Waals surface area contributed by atoms with Crippen molar-refractivity contribution in [1.82, 2.24) is 5.32 Å². The third-order valence-electron chi connectivity index (χ3n) is 2.68. The largest absolute Gasteiger partial charge is 0.492 e. The first kappa shape index (κ1) is 19.0. The number of rotatable bonds is 7. The monoisotopic (exact) mass is 420 g/mol. The summed E-state index contributed by atoms with van der Waals surface area (Å²) in [5.74, 6) is 0.873. The van der Waals surface area contributed by atoms with Crippen molar-refractivity contribution in [3.8, 4) is 5.75 Å². The maximum Gasteiger partial charge on any atom is 0.407 e. The highest BCUT2D eigenvalue weighted by atomic mass is 127. The van der Waals surface area contributed by atoms with E-state index in [-0.39, 0.29) is 6.09 Å². The van der Waals surface area contributed by atoms with Crippen molar-refractivity contribution < 1.29 is 14.3 Å². The van der Waals surface area contributed by atoms with Crippen LogP contribution in [0, 0.1) is 3.57 Å². The molecule has 0 unspecified atom stereocenters. The quantitative estimate of drug-likeness (QED) is 0.525. The molecule has 0 aliphatic carbocycles. The zero-order valence-electron chi connectivity index (χ0n) is 13.4. The van der Waals surface area contributed by atoms with Gasteiger partial charge in [0, 0.05) is 6.54 Å². The van der Waals surface area contributed by atoms with Gasteiger partial charge in [-0.15, -0.1) is 0 Å². The summed E-state index contributed by atoms with van der Waals surface area (Å²) in [5, 5.41) is 2.75. The van der Waals surface area contributed by atoms with Crippen molar-refractivity contribution in [1.29, 1.82) is 0 Å². The number of carbonyl (C=O) groups excluding carboxylic acids is 1. The molecule has 0 heterocycles. The van der Waals surface area contributed by atoms with Crippen LogP contribution in [0.4, 0.5) is 4.79 Å². The topological polar surface area (TPSA) is 73.6 Å². The zero-order chi connectivity index (χ0) is 16.6. The van der Waals surface area contributed by atoms with Crippen LogP contribution in [0.1, 0.15) is 32.8 Å². The molecule has 3 N–H and O–H groups in total. The molecule has 124 valence electrons. The molecular weight excluding hydrogens is 395 g/mol. The van der Waals surface area contributed by atoms with Gasteiger partial charge in [-0.25, -0.2) is 4.79 Å². The number of benzene rings is 1. The molecule has 0 aliphatic heterocycles. The van der Waals surface area contributed by atoms with Gasteiger partial charge in [0.15, 0.2) is 0 Å². The number of amides is 1. The van der Waals surface area contributed by atoms with Crippen LogP contribution < -0.4 is 15.8 Å². The lowest BCUT2D eigenvalue weighted by Gasteiger charge is -2.19. The Morgan fingerprint density at radius 2 is 2.09 bits per heavy atom. The maximum absolute atomic E-state index is 11.6. The van der Waals surface area contributed by atoms with Crippen LogP contribution in [0.5, 0.6) is 5.75 Å². The van der Waals surface area contributed by atoms with Gasteiger partial charge in [0.25, 0.3) is 0 Å². The summed E-state index contributed by atoms with van der Waals surface area (Å²) in [5.41, 5.74) is 6.12. The fourth-order valence-electron chi connectivity index (χ4n) is 1.71. The lowest BCUT2D eigenvalue weighted by atomic mass is 10.1. The van der Waals surface area contributed by atoms with Crippen LogP contribution >= 0.6 is 22.6 Å². The molecule has 0 fully saturated rings. The van der Waals surface area contributed by atoms with Gasteiger partial charge in [-0.05, 0) is 80.4 Å². The van der Waals surface area contributed by atoms with Crippen LogP contribution in [0.3, 0.4) is 0 Å². The van der Waals surface area contributed by atoms with E-state index in [0.29, 0.717) is 19.7 Å². The molecule has 0 saturated carbocycles.